The van der Waals surface area contributed by atoms with E-state index in [9.17, 15) is 0 Å². The fourth-order valence-electron chi connectivity index (χ4n) is 8.85. The van der Waals surface area contributed by atoms with Crippen LogP contribution >= 0.6 is 0 Å². The van der Waals surface area contributed by atoms with Crippen molar-refractivity contribution in [3.63, 3.8) is 0 Å². The Hall–Kier alpha value is -7.43. The highest BCUT2D eigenvalue weighted by Crippen LogP contribution is 2.49. The van der Waals surface area contributed by atoms with Gasteiger partial charge in [-0.2, -0.15) is 0 Å². The van der Waals surface area contributed by atoms with E-state index in [4.69, 9.17) is 19.4 Å². The lowest BCUT2D eigenvalue weighted by Crippen LogP contribution is -2.14. The van der Waals surface area contributed by atoms with Crippen LogP contribution in [-0.2, 0) is 5.41 Å². The van der Waals surface area contributed by atoms with E-state index < -0.39 is 0 Å². The molecule has 0 atom stereocenters. The van der Waals surface area contributed by atoms with Crippen LogP contribution in [0.25, 0.3) is 101 Å². The number of rotatable bonds is 6. The zero-order valence-corrected chi connectivity index (χ0v) is 32.1. The summed E-state index contributed by atoms with van der Waals surface area (Å²) in [5.74, 6) is 1.82. The smallest absolute Gasteiger partial charge is 0.164 e. The van der Waals surface area contributed by atoms with E-state index in [1.165, 1.54) is 33.4 Å². The van der Waals surface area contributed by atoms with Gasteiger partial charge in [-0.15, -0.1) is 0 Å². The van der Waals surface area contributed by atoms with Crippen LogP contribution in [0.15, 0.2) is 192 Å². The van der Waals surface area contributed by atoms with Gasteiger partial charge in [0.1, 0.15) is 11.2 Å². The van der Waals surface area contributed by atoms with Crippen molar-refractivity contribution >= 4 is 21.9 Å². The molecule has 0 unspecified atom stereocenters. The highest BCUT2D eigenvalue weighted by Gasteiger charge is 2.35. The minimum Gasteiger partial charge on any atom is -0.456 e. The van der Waals surface area contributed by atoms with E-state index in [-0.39, 0.29) is 5.41 Å². The first-order chi connectivity index (χ1) is 28.5. The molecule has 0 aliphatic heterocycles. The van der Waals surface area contributed by atoms with Gasteiger partial charge < -0.3 is 4.42 Å². The molecule has 4 nitrogen and oxygen atoms in total. The molecule has 11 rings (SSSR count). The zero-order valence-electron chi connectivity index (χ0n) is 32.1. The summed E-state index contributed by atoms with van der Waals surface area (Å²) in [7, 11) is 0. The number of hydrogen-bond acceptors (Lipinski definition) is 4. The molecule has 0 saturated heterocycles. The fraction of sp³-hybridized carbons (Fsp3) is 0.0556. The Morgan fingerprint density at radius 2 is 0.879 bits per heavy atom. The summed E-state index contributed by atoms with van der Waals surface area (Å²) in [6, 6.07) is 66.1. The monoisotopic (exact) mass is 743 g/mol. The molecular formula is C54H37N3O. The SMILES string of the molecule is CC1(C)c2ccccc2-c2cc(-c3cccc(-c4ccc5oc6cccc(-c7nc(-c8ccccc8)nc(-c8ccccc8-c8ccccc8)n7)c6c5c4)c3)ccc21. The van der Waals surface area contributed by atoms with Gasteiger partial charge in [-0.05, 0) is 86.0 Å². The molecule has 1 aliphatic carbocycles. The molecule has 0 amide bonds. The number of nitrogens with zero attached hydrogens (tertiary/aromatic N) is 3. The van der Waals surface area contributed by atoms with Gasteiger partial charge in [-0.25, -0.2) is 15.0 Å². The zero-order chi connectivity index (χ0) is 38.8. The minimum absolute atomic E-state index is 0.0213. The molecule has 4 heteroatoms. The first-order valence-corrected chi connectivity index (χ1v) is 19.8. The van der Waals surface area contributed by atoms with Crippen molar-refractivity contribution in [3.8, 4) is 78.7 Å². The van der Waals surface area contributed by atoms with Crippen LogP contribution in [-0.4, -0.2) is 15.0 Å². The second kappa shape index (κ2) is 13.4. The van der Waals surface area contributed by atoms with Crippen LogP contribution < -0.4 is 0 Å². The predicted octanol–water partition coefficient (Wildman–Crippen LogP) is 14.1. The normalized spacial score (nSPS) is 12.8. The lowest BCUT2D eigenvalue weighted by atomic mass is 9.82. The largest absolute Gasteiger partial charge is 0.456 e. The Morgan fingerprint density at radius 3 is 1.66 bits per heavy atom. The van der Waals surface area contributed by atoms with Gasteiger partial charge in [0, 0.05) is 32.9 Å². The standard InChI is InChI=1S/C54H37N3O/c1-54(2)46-25-12-11-22-41(46)44-32-38(27-29-47(44)54)36-19-13-20-37(31-36)39-28-30-48-45(33-39)50-43(24-14-26-49(50)58-48)53-56-51(35-17-7-4-8-18-35)55-52(57-53)42-23-10-9-21-40(42)34-15-5-3-6-16-34/h3-33H,1-2H3. The van der Waals surface area contributed by atoms with Crippen LogP contribution in [0.4, 0.5) is 0 Å². The maximum absolute atomic E-state index is 6.52. The van der Waals surface area contributed by atoms with Gasteiger partial charge in [0.25, 0.3) is 0 Å². The van der Waals surface area contributed by atoms with Gasteiger partial charge in [-0.1, -0.05) is 172 Å². The maximum Gasteiger partial charge on any atom is 0.164 e. The Bertz CT molecular complexity index is 3200. The van der Waals surface area contributed by atoms with Crippen molar-refractivity contribution < 1.29 is 4.42 Å². The second-order valence-electron chi connectivity index (χ2n) is 15.6. The molecular weight excluding hydrogens is 707 g/mol. The Kier molecular flexibility index (Phi) is 7.80. The van der Waals surface area contributed by atoms with E-state index in [1.54, 1.807) is 0 Å². The van der Waals surface area contributed by atoms with Gasteiger partial charge >= 0.3 is 0 Å². The molecule has 0 saturated carbocycles. The van der Waals surface area contributed by atoms with Crippen molar-refractivity contribution in [2.45, 2.75) is 19.3 Å². The molecule has 10 aromatic rings. The number of furan rings is 1. The first-order valence-electron chi connectivity index (χ1n) is 19.8. The molecule has 0 radical (unpaired) electrons. The molecule has 0 spiro atoms. The fourth-order valence-corrected chi connectivity index (χ4v) is 8.85. The summed E-state index contributed by atoms with van der Waals surface area (Å²) in [6.07, 6.45) is 0. The Labute approximate surface area is 337 Å². The number of hydrogen-bond donors (Lipinski definition) is 0. The summed E-state index contributed by atoms with van der Waals surface area (Å²) in [5, 5.41) is 1.99. The van der Waals surface area contributed by atoms with E-state index in [0.717, 1.165) is 60.9 Å². The van der Waals surface area contributed by atoms with Crippen molar-refractivity contribution in [1.82, 2.24) is 15.0 Å². The third-order valence-electron chi connectivity index (χ3n) is 11.8. The van der Waals surface area contributed by atoms with Crippen molar-refractivity contribution in [2.24, 2.45) is 0 Å². The minimum atomic E-state index is -0.0213. The number of benzene rings is 8. The molecule has 58 heavy (non-hydrogen) atoms. The number of fused-ring (bicyclic) bond motifs is 6. The summed E-state index contributed by atoms with van der Waals surface area (Å²) < 4.78 is 6.52. The van der Waals surface area contributed by atoms with Crippen molar-refractivity contribution in [3.05, 3.63) is 199 Å². The van der Waals surface area contributed by atoms with Crippen molar-refractivity contribution in [2.75, 3.05) is 0 Å². The predicted molar refractivity (Wildman–Crippen MR) is 237 cm³/mol. The lowest BCUT2D eigenvalue weighted by Gasteiger charge is -2.21. The molecule has 2 heterocycles. The first kappa shape index (κ1) is 33.9. The van der Waals surface area contributed by atoms with Crippen LogP contribution in [0.2, 0.25) is 0 Å². The third-order valence-corrected chi connectivity index (χ3v) is 11.8. The molecule has 8 aromatic carbocycles. The van der Waals surface area contributed by atoms with Gasteiger partial charge in [0.15, 0.2) is 17.5 Å². The van der Waals surface area contributed by atoms with Crippen molar-refractivity contribution in [1.29, 1.82) is 0 Å². The summed E-state index contributed by atoms with van der Waals surface area (Å²) >= 11 is 0. The highest BCUT2D eigenvalue weighted by molar-refractivity contribution is 6.13. The lowest BCUT2D eigenvalue weighted by molar-refractivity contribution is 0.660. The summed E-state index contributed by atoms with van der Waals surface area (Å²) in [4.78, 5) is 15.5. The van der Waals surface area contributed by atoms with Crippen LogP contribution in [0.5, 0.6) is 0 Å². The molecule has 2 aromatic heterocycles. The summed E-state index contributed by atoms with van der Waals surface area (Å²) in [6.45, 7) is 4.65. The molecule has 0 N–H and O–H groups in total. The third kappa shape index (κ3) is 5.56. The van der Waals surface area contributed by atoms with E-state index in [0.29, 0.717) is 17.5 Å². The quantitative estimate of drug-likeness (QED) is 0.170. The number of aromatic nitrogens is 3. The van der Waals surface area contributed by atoms with Gasteiger partial charge in [-0.3, -0.25) is 0 Å². The van der Waals surface area contributed by atoms with Gasteiger partial charge in [0.05, 0.1) is 0 Å². The van der Waals surface area contributed by atoms with Gasteiger partial charge in [0.2, 0.25) is 0 Å². The van der Waals surface area contributed by atoms with E-state index in [2.05, 4.69) is 147 Å². The molecule has 0 bridgehead atoms. The Balaban J connectivity index is 1.05. The Morgan fingerprint density at radius 1 is 0.345 bits per heavy atom. The summed E-state index contributed by atoms with van der Waals surface area (Å²) in [5.41, 5.74) is 16.6. The van der Waals surface area contributed by atoms with E-state index in [1.807, 2.05) is 54.6 Å². The molecule has 1 aliphatic rings. The molecule has 274 valence electrons. The van der Waals surface area contributed by atoms with Crippen LogP contribution in [0, 0.1) is 0 Å². The van der Waals surface area contributed by atoms with Crippen LogP contribution in [0.3, 0.4) is 0 Å². The average molecular weight is 744 g/mol. The maximum atomic E-state index is 6.52. The highest BCUT2D eigenvalue weighted by atomic mass is 16.3. The second-order valence-corrected chi connectivity index (χ2v) is 15.6. The van der Waals surface area contributed by atoms with Crippen LogP contribution in [0.1, 0.15) is 25.0 Å². The molecule has 0 fully saturated rings. The average Bonchev–Trinajstić information content (AvgIpc) is 3.78. The topological polar surface area (TPSA) is 51.8 Å². The van der Waals surface area contributed by atoms with E-state index >= 15 is 0 Å².